The molecule has 0 aliphatic carbocycles. The average molecular weight is 433 g/mol. The van der Waals surface area contributed by atoms with Crippen molar-refractivity contribution in [3.8, 4) is 11.6 Å². The summed E-state index contributed by atoms with van der Waals surface area (Å²) in [6.45, 7) is 1.50. The molecule has 0 aliphatic rings. The van der Waals surface area contributed by atoms with Gasteiger partial charge < -0.3 is 10.4 Å². The summed E-state index contributed by atoms with van der Waals surface area (Å²) in [4.78, 5) is 38.4. The quantitative estimate of drug-likeness (QED) is 0.647. The van der Waals surface area contributed by atoms with Crippen molar-refractivity contribution in [3.05, 3.63) is 92.1 Å². The fourth-order valence-electron chi connectivity index (χ4n) is 3.05. The molecule has 0 aliphatic heterocycles. The molecule has 0 atom stereocenters. The summed E-state index contributed by atoms with van der Waals surface area (Å²) in [7, 11) is 0. The van der Waals surface area contributed by atoms with Crippen LogP contribution < -0.4 is 16.6 Å². The van der Waals surface area contributed by atoms with E-state index in [0.29, 0.717) is 16.2 Å². The molecule has 0 spiro atoms. The summed E-state index contributed by atoms with van der Waals surface area (Å²) in [5.41, 5.74) is -3.93. The molecule has 1 aromatic heterocycles. The predicted octanol–water partition coefficient (Wildman–Crippen LogP) is 2.52. The Balaban J connectivity index is 2.32. The Morgan fingerprint density at radius 1 is 1.06 bits per heavy atom. The van der Waals surface area contributed by atoms with Crippen molar-refractivity contribution in [1.29, 1.82) is 0 Å². The molecule has 0 saturated heterocycles. The van der Waals surface area contributed by atoms with E-state index in [1.807, 2.05) is 0 Å². The molecule has 0 fully saturated rings. The predicted molar refractivity (Wildman–Crippen MR) is 107 cm³/mol. The Hall–Kier alpha value is -3.82. The van der Waals surface area contributed by atoms with Gasteiger partial charge in [0.1, 0.15) is 0 Å². The maximum absolute atomic E-state index is 13.1. The van der Waals surface area contributed by atoms with Gasteiger partial charge in [0.05, 0.1) is 17.8 Å². The van der Waals surface area contributed by atoms with Crippen LogP contribution in [0.25, 0.3) is 5.69 Å². The second kappa shape index (κ2) is 8.50. The minimum absolute atomic E-state index is 0.124. The maximum Gasteiger partial charge on any atom is 0.416 e. The second-order valence-electron chi connectivity index (χ2n) is 6.60. The first-order valence-corrected chi connectivity index (χ1v) is 9.23. The van der Waals surface area contributed by atoms with E-state index in [1.54, 1.807) is 37.3 Å². The number of amides is 1. The van der Waals surface area contributed by atoms with Crippen LogP contribution in [0, 0.1) is 0 Å². The highest BCUT2D eigenvalue weighted by Crippen LogP contribution is 2.30. The molecule has 10 heteroatoms. The van der Waals surface area contributed by atoms with Crippen LogP contribution in [0.5, 0.6) is 5.88 Å². The number of aromatic hydroxyl groups is 1. The smallest absolute Gasteiger partial charge is 0.416 e. The van der Waals surface area contributed by atoms with Crippen molar-refractivity contribution in [3.63, 3.8) is 0 Å². The summed E-state index contributed by atoms with van der Waals surface area (Å²) in [6, 6.07) is 12.0. The monoisotopic (exact) mass is 433 g/mol. The van der Waals surface area contributed by atoms with E-state index >= 15 is 0 Å². The van der Waals surface area contributed by atoms with Gasteiger partial charge in [0.25, 0.3) is 11.5 Å². The number of carbonyl (C=O) groups excluding carboxylic acids is 1. The van der Waals surface area contributed by atoms with Crippen LogP contribution in [0.2, 0.25) is 0 Å². The number of aromatic nitrogens is 2. The summed E-state index contributed by atoms with van der Waals surface area (Å²) < 4.78 is 40.7. The third-order valence-corrected chi connectivity index (χ3v) is 4.50. The number of carbonyl (C=O) groups is 1. The van der Waals surface area contributed by atoms with Crippen molar-refractivity contribution in [2.75, 3.05) is 6.54 Å². The van der Waals surface area contributed by atoms with Gasteiger partial charge in [-0.1, -0.05) is 36.4 Å². The molecule has 0 bridgehead atoms. The van der Waals surface area contributed by atoms with Crippen molar-refractivity contribution >= 4 is 5.91 Å². The lowest BCUT2D eigenvalue weighted by atomic mass is 10.2. The van der Waals surface area contributed by atoms with Gasteiger partial charge >= 0.3 is 11.9 Å². The topological polar surface area (TPSA) is 93.3 Å². The minimum atomic E-state index is -4.71. The van der Waals surface area contributed by atoms with Crippen LogP contribution >= 0.6 is 0 Å². The molecule has 31 heavy (non-hydrogen) atoms. The van der Waals surface area contributed by atoms with Crippen LogP contribution in [0.15, 0.2) is 64.2 Å². The summed E-state index contributed by atoms with van der Waals surface area (Å²) in [6.07, 6.45) is -4.71. The zero-order valence-corrected chi connectivity index (χ0v) is 16.3. The van der Waals surface area contributed by atoms with Gasteiger partial charge in [0.2, 0.25) is 5.88 Å². The Labute approximate surface area is 174 Å². The highest BCUT2D eigenvalue weighted by molar-refractivity contribution is 5.96. The number of hydrogen-bond acceptors (Lipinski definition) is 4. The molecule has 1 heterocycles. The van der Waals surface area contributed by atoms with Gasteiger partial charge in [-0.2, -0.15) is 13.2 Å². The molecule has 1 amide bonds. The highest BCUT2D eigenvalue weighted by atomic mass is 19.4. The first-order valence-electron chi connectivity index (χ1n) is 9.23. The van der Waals surface area contributed by atoms with E-state index < -0.39 is 40.3 Å². The van der Waals surface area contributed by atoms with Gasteiger partial charge in [-0.3, -0.25) is 14.2 Å². The standard InChI is InChI=1S/C21H18F3N3O4/c1-2-25-17(28)16-18(29)26(12-13-7-4-3-5-8-13)20(31)27(19(16)30)15-10-6-9-14(11-15)21(22,23)24/h3-11,29H,2,12H2,1H3,(H,25,28). The van der Waals surface area contributed by atoms with Gasteiger partial charge in [0, 0.05) is 6.54 Å². The van der Waals surface area contributed by atoms with Crippen molar-refractivity contribution in [1.82, 2.24) is 14.5 Å². The second-order valence-corrected chi connectivity index (χ2v) is 6.60. The number of nitrogens with one attached hydrogen (secondary N) is 1. The van der Waals surface area contributed by atoms with Crippen LogP contribution in [0.1, 0.15) is 28.4 Å². The van der Waals surface area contributed by atoms with Crippen LogP contribution in [0.4, 0.5) is 13.2 Å². The van der Waals surface area contributed by atoms with E-state index in [2.05, 4.69) is 5.32 Å². The van der Waals surface area contributed by atoms with Crippen molar-refractivity contribution in [2.45, 2.75) is 19.6 Å². The molecule has 0 saturated carbocycles. The normalized spacial score (nSPS) is 11.4. The number of nitrogens with zero attached hydrogens (tertiary/aromatic N) is 2. The fraction of sp³-hybridized carbons (Fsp3) is 0.190. The van der Waals surface area contributed by atoms with Crippen LogP contribution in [0.3, 0.4) is 0 Å². The zero-order chi connectivity index (χ0) is 22.8. The molecule has 3 aromatic rings. The minimum Gasteiger partial charge on any atom is -0.494 e. The van der Waals surface area contributed by atoms with Gasteiger partial charge in [-0.05, 0) is 30.7 Å². The largest absolute Gasteiger partial charge is 0.494 e. The molecule has 0 unspecified atom stereocenters. The Kier molecular flexibility index (Phi) is 6.00. The van der Waals surface area contributed by atoms with E-state index in [4.69, 9.17) is 0 Å². The molecule has 2 N–H and O–H groups in total. The Morgan fingerprint density at radius 3 is 2.35 bits per heavy atom. The number of benzene rings is 2. The van der Waals surface area contributed by atoms with E-state index in [1.165, 1.54) is 0 Å². The summed E-state index contributed by atoms with van der Waals surface area (Å²) in [5, 5.41) is 12.9. The zero-order valence-electron chi connectivity index (χ0n) is 16.3. The number of alkyl halides is 3. The lowest BCUT2D eigenvalue weighted by Gasteiger charge is -2.16. The number of rotatable bonds is 5. The first kappa shape index (κ1) is 21.9. The molecule has 7 nitrogen and oxygen atoms in total. The Bertz CT molecular complexity index is 1230. The third-order valence-electron chi connectivity index (χ3n) is 4.50. The SMILES string of the molecule is CCNC(=O)c1c(O)n(Cc2ccccc2)c(=O)n(-c2cccc(C(F)(F)F)c2)c1=O. The number of hydrogen-bond donors (Lipinski definition) is 2. The van der Waals surface area contributed by atoms with Crippen LogP contribution in [-0.2, 0) is 12.7 Å². The van der Waals surface area contributed by atoms with E-state index in [-0.39, 0.29) is 18.8 Å². The summed E-state index contributed by atoms with van der Waals surface area (Å²) in [5.74, 6) is -1.82. The van der Waals surface area contributed by atoms with Gasteiger partial charge in [0.15, 0.2) is 5.56 Å². The van der Waals surface area contributed by atoms with Crippen molar-refractivity contribution in [2.24, 2.45) is 0 Å². The maximum atomic E-state index is 13.1. The molecule has 2 aromatic carbocycles. The lowest BCUT2D eigenvalue weighted by Crippen LogP contribution is -2.43. The first-order chi connectivity index (χ1) is 14.6. The van der Waals surface area contributed by atoms with E-state index in [0.717, 1.165) is 22.8 Å². The molecular weight excluding hydrogens is 415 g/mol. The average Bonchev–Trinajstić information content (AvgIpc) is 2.72. The van der Waals surface area contributed by atoms with Crippen LogP contribution in [-0.4, -0.2) is 26.7 Å². The number of halogens is 3. The molecule has 0 radical (unpaired) electrons. The van der Waals surface area contributed by atoms with Gasteiger partial charge in [-0.15, -0.1) is 0 Å². The van der Waals surface area contributed by atoms with Gasteiger partial charge in [-0.25, -0.2) is 9.36 Å². The fourth-order valence-corrected chi connectivity index (χ4v) is 3.05. The molecule has 162 valence electrons. The third kappa shape index (κ3) is 4.37. The Morgan fingerprint density at radius 2 is 1.74 bits per heavy atom. The lowest BCUT2D eigenvalue weighted by molar-refractivity contribution is -0.137. The molecule has 3 rings (SSSR count). The molecular formula is C21H18F3N3O4. The van der Waals surface area contributed by atoms with E-state index in [9.17, 15) is 32.7 Å². The summed E-state index contributed by atoms with van der Waals surface area (Å²) >= 11 is 0. The van der Waals surface area contributed by atoms with Crippen molar-refractivity contribution < 1.29 is 23.1 Å². The highest BCUT2D eigenvalue weighted by Gasteiger charge is 2.31.